The van der Waals surface area contributed by atoms with Crippen LogP contribution in [0.2, 0.25) is 0 Å². The van der Waals surface area contributed by atoms with Gasteiger partial charge in [0.2, 0.25) is 0 Å². The van der Waals surface area contributed by atoms with E-state index in [9.17, 15) is 4.79 Å². The van der Waals surface area contributed by atoms with Gasteiger partial charge in [-0.15, -0.1) is 0 Å². The Hall–Kier alpha value is -2.96. The molecule has 7 nitrogen and oxygen atoms in total. The molecular formula is C17H20N4O3. The zero-order valence-electron chi connectivity index (χ0n) is 14.1. The summed E-state index contributed by atoms with van der Waals surface area (Å²) >= 11 is 0. The Bertz CT molecular complexity index is 722. The van der Waals surface area contributed by atoms with Gasteiger partial charge in [-0.3, -0.25) is 9.78 Å². The van der Waals surface area contributed by atoms with Gasteiger partial charge in [-0.25, -0.2) is 10.4 Å². The van der Waals surface area contributed by atoms with Crippen LogP contribution in [0.15, 0.2) is 35.7 Å². The fraction of sp³-hybridized carbons (Fsp3) is 0.294. The second-order valence-corrected chi connectivity index (χ2v) is 5.29. The number of aromatic nitrogens is 2. The summed E-state index contributed by atoms with van der Waals surface area (Å²) < 4.78 is 10.4. The highest BCUT2D eigenvalue weighted by molar-refractivity contribution is 5.94. The highest BCUT2D eigenvalue weighted by Gasteiger charge is 2.15. The zero-order valence-corrected chi connectivity index (χ0v) is 14.1. The van der Waals surface area contributed by atoms with E-state index in [1.165, 1.54) is 12.4 Å². The molecule has 1 aromatic carbocycles. The van der Waals surface area contributed by atoms with Crippen LogP contribution in [0.5, 0.6) is 11.5 Å². The van der Waals surface area contributed by atoms with E-state index < -0.39 is 5.91 Å². The number of carbonyl (C=O) groups excluding carboxylic acids is 1. The number of nitrogens with zero attached hydrogens (tertiary/aromatic N) is 3. The molecule has 2 aromatic rings. The number of hydrazone groups is 1. The Morgan fingerprint density at radius 1 is 1.12 bits per heavy atom. The fourth-order valence-electron chi connectivity index (χ4n) is 2.07. The molecular weight excluding hydrogens is 308 g/mol. The van der Waals surface area contributed by atoms with Crippen molar-refractivity contribution in [1.82, 2.24) is 15.4 Å². The van der Waals surface area contributed by atoms with Crippen molar-refractivity contribution < 1.29 is 14.3 Å². The molecule has 7 heteroatoms. The van der Waals surface area contributed by atoms with Gasteiger partial charge in [0.1, 0.15) is 11.5 Å². The Kier molecular flexibility index (Phi) is 5.83. The molecule has 1 amide bonds. The van der Waals surface area contributed by atoms with Gasteiger partial charge >= 0.3 is 0 Å². The van der Waals surface area contributed by atoms with Gasteiger partial charge in [0.15, 0.2) is 5.69 Å². The SMILES string of the molecule is COc1cc(/C=N/NC(=O)c2nccnc2C(C)C)cc(OC)c1. The predicted molar refractivity (Wildman–Crippen MR) is 90.7 cm³/mol. The molecule has 0 spiro atoms. The number of nitrogens with one attached hydrogen (secondary N) is 1. The number of ether oxygens (including phenoxy) is 2. The van der Waals surface area contributed by atoms with E-state index in [-0.39, 0.29) is 11.6 Å². The summed E-state index contributed by atoms with van der Waals surface area (Å²) in [5.41, 5.74) is 4.10. The maximum atomic E-state index is 12.2. The molecule has 0 bridgehead atoms. The average Bonchev–Trinajstić information content (AvgIpc) is 2.61. The predicted octanol–water partition coefficient (Wildman–Crippen LogP) is 2.38. The topological polar surface area (TPSA) is 85.7 Å². The molecule has 0 radical (unpaired) electrons. The van der Waals surface area contributed by atoms with Crippen LogP contribution < -0.4 is 14.9 Å². The lowest BCUT2D eigenvalue weighted by atomic mass is 10.1. The molecule has 0 aliphatic carbocycles. The summed E-state index contributed by atoms with van der Waals surface area (Å²) in [6, 6.07) is 5.31. The van der Waals surface area contributed by atoms with E-state index in [2.05, 4.69) is 20.5 Å². The smallest absolute Gasteiger partial charge is 0.291 e. The van der Waals surface area contributed by atoms with E-state index in [4.69, 9.17) is 9.47 Å². The molecule has 2 rings (SSSR count). The highest BCUT2D eigenvalue weighted by atomic mass is 16.5. The van der Waals surface area contributed by atoms with Gasteiger partial charge in [0, 0.05) is 24.0 Å². The second-order valence-electron chi connectivity index (χ2n) is 5.29. The van der Waals surface area contributed by atoms with Crippen LogP contribution in [0, 0.1) is 0 Å². The van der Waals surface area contributed by atoms with E-state index in [1.54, 1.807) is 38.6 Å². The lowest BCUT2D eigenvalue weighted by Gasteiger charge is -2.08. The van der Waals surface area contributed by atoms with Crippen molar-refractivity contribution in [3.63, 3.8) is 0 Å². The third-order valence-corrected chi connectivity index (χ3v) is 3.24. The molecule has 0 fully saturated rings. The molecule has 1 heterocycles. The second kappa shape index (κ2) is 8.05. The highest BCUT2D eigenvalue weighted by Crippen LogP contribution is 2.21. The van der Waals surface area contributed by atoms with Gasteiger partial charge in [-0.2, -0.15) is 5.10 Å². The molecule has 0 atom stereocenters. The van der Waals surface area contributed by atoms with Gasteiger partial charge in [0.05, 0.1) is 26.1 Å². The number of rotatable bonds is 6. The van der Waals surface area contributed by atoms with Crippen molar-refractivity contribution in [3.05, 3.63) is 47.5 Å². The maximum absolute atomic E-state index is 12.2. The van der Waals surface area contributed by atoms with E-state index >= 15 is 0 Å². The molecule has 0 aliphatic heterocycles. The number of hydrogen-bond donors (Lipinski definition) is 1. The summed E-state index contributed by atoms with van der Waals surface area (Å²) in [6.07, 6.45) is 4.56. The first-order valence-corrected chi connectivity index (χ1v) is 7.42. The summed E-state index contributed by atoms with van der Waals surface area (Å²) in [4.78, 5) is 20.5. The summed E-state index contributed by atoms with van der Waals surface area (Å²) in [7, 11) is 3.14. The number of amides is 1. The molecule has 0 saturated carbocycles. The quantitative estimate of drug-likeness (QED) is 0.650. The van der Waals surface area contributed by atoms with Crippen molar-refractivity contribution >= 4 is 12.1 Å². The van der Waals surface area contributed by atoms with Crippen LogP contribution in [-0.4, -0.2) is 36.3 Å². The van der Waals surface area contributed by atoms with E-state index in [1.807, 2.05) is 13.8 Å². The van der Waals surface area contributed by atoms with Gasteiger partial charge in [-0.1, -0.05) is 13.8 Å². The van der Waals surface area contributed by atoms with Crippen LogP contribution in [0.25, 0.3) is 0 Å². The number of carbonyl (C=O) groups is 1. The zero-order chi connectivity index (χ0) is 17.5. The summed E-state index contributed by atoms with van der Waals surface area (Å²) in [5.74, 6) is 0.959. The first kappa shape index (κ1) is 17.4. The van der Waals surface area contributed by atoms with E-state index in [0.717, 1.165) is 5.56 Å². The van der Waals surface area contributed by atoms with Crippen LogP contribution in [-0.2, 0) is 0 Å². The lowest BCUT2D eigenvalue weighted by molar-refractivity contribution is 0.0948. The van der Waals surface area contributed by atoms with Crippen molar-refractivity contribution in [2.24, 2.45) is 5.10 Å². The van der Waals surface area contributed by atoms with Crippen LogP contribution in [0.4, 0.5) is 0 Å². The molecule has 1 N–H and O–H groups in total. The Labute approximate surface area is 140 Å². The number of benzene rings is 1. The van der Waals surface area contributed by atoms with Crippen molar-refractivity contribution in [2.75, 3.05) is 14.2 Å². The standard InChI is InChI=1S/C17H20N4O3/c1-11(2)15-16(19-6-5-18-15)17(22)21-20-10-12-7-13(23-3)9-14(8-12)24-4/h5-11H,1-4H3,(H,21,22)/b20-10+. The monoisotopic (exact) mass is 328 g/mol. The van der Waals surface area contributed by atoms with Crippen LogP contribution in [0.3, 0.4) is 0 Å². The minimum atomic E-state index is -0.405. The first-order valence-electron chi connectivity index (χ1n) is 7.42. The maximum Gasteiger partial charge on any atom is 0.291 e. The van der Waals surface area contributed by atoms with Gasteiger partial charge in [0.25, 0.3) is 5.91 Å². The normalized spacial score (nSPS) is 10.9. The first-order chi connectivity index (χ1) is 11.5. The van der Waals surface area contributed by atoms with Crippen molar-refractivity contribution in [3.8, 4) is 11.5 Å². The van der Waals surface area contributed by atoms with Crippen LogP contribution >= 0.6 is 0 Å². The number of methoxy groups -OCH3 is 2. The van der Waals surface area contributed by atoms with Crippen LogP contribution in [0.1, 0.15) is 41.5 Å². The molecule has 0 unspecified atom stereocenters. The van der Waals surface area contributed by atoms with Gasteiger partial charge in [-0.05, 0) is 18.1 Å². The third kappa shape index (κ3) is 4.28. The van der Waals surface area contributed by atoms with E-state index in [0.29, 0.717) is 17.2 Å². The summed E-state index contributed by atoms with van der Waals surface area (Å²) in [5, 5.41) is 3.97. The van der Waals surface area contributed by atoms with Gasteiger partial charge < -0.3 is 9.47 Å². The average molecular weight is 328 g/mol. The third-order valence-electron chi connectivity index (χ3n) is 3.24. The largest absolute Gasteiger partial charge is 0.497 e. The Morgan fingerprint density at radius 2 is 1.75 bits per heavy atom. The van der Waals surface area contributed by atoms with Crippen molar-refractivity contribution in [1.29, 1.82) is 0 Å². The molecule has 126 valence electrons. The molecule has 24 heavy (non-hydrogen) atoms. The number of hydrogen-bond acceptors (Lipinski definition) is 6. The fourth-order valence-corrected chi connectivity index (χ4v) is 2.07. The molecule has 0 saturated heterocycles. The summed E-state index contributed by atoms with van der Waals surface area (Å²) in [6.45, 7) is 3.90. The Morgan fingerprint density at radius 3 is 2.33 bits per heavy atom. The lowest BCUT2D eigenvalue weighted by Crippen LogP contribution is -2.22. The molecule has 0 aliphatic rings. The molecule has 1 aromatic heterocycles. The minimum Gasteiger partial charge on any atom is -0.497 e. The van der Waals surface area contributed by atoms with Crippen molar-refractivity contribution in [2.45, 2.75) is 19.8 Å². The minimum absolute atomic E-state index is 0.0890. The Balaban J connectivity index is 2.13.